The number of carbonyl (C=O) groups is 1. The van der Waals surface area contributed by atoms with Gasteiger partial charge < -0.3 is 11.1 Å². The maximum absolute atomic E-state index is 13.0. The molecule has 1 amide bonds. The predicted octanol–water partition coefficient (Wildman–Crippen LogP) is 3.45. The first-order valence-corrected chi connectivity index (χ1v) is 7.07. The van der Waals surface area contributed by atoms with Crippen molar-refractivity contribution >= 4 is 29.0 Å². The Morgan fingerprint density at radius 3 is 2.85 bits per heavy atom. The standard InChI is InChI=1S/C15H15FN2OS/c1-10-5-6-13(17)14(7-10)20-9-15(19)18-12-4-2-3-11(16)8-12/h2-8H,9,17H2,1H3,(H,18,19). The average molecular weight is 290 g/mol. The molecule has 2 rings (SSSR count). The van der Waals surface area contributed by atoms with Crippen molar-refractivity contribution in [1.82, 2.24) is 0 Å². The van der Waals surface area contributed by atoms with Gasteiger partial charge in [0.15, 0.2) is 0 Å². The van der Waals surface area contributed by atoms with Gasteiger partial charge in [0.2, 0.25) is 5.91 Å². The van der Waals surface area contributed by atoms with Crippen molar-refractivity contribution in [3.63, 3.8) is 0 Å². The second-order valence-electron chi connectivity index (χ2n) is 4.39. The number of anilines is 2. The van der Waals surface area contributed by atoms with Gasteiger partial charge in [-0.3, -0.25) is 4.79 Å². The minimum atomic E-state index is -0.376. The van der Waals surface area contributed by atoms with Crippen molar-refractivity contribution in [3.8, 4) is 0 Å². The molecule has 5 heteroatoms. The topological polar surface area (TPSA) is 55.1 Å². The van der Waals surface area contributed by atoms with Crippen LogP contribution < -0.4 is 11.1 Å². The number of carbonyl (C=O) groups excluding carboxylic acids is 1. The van der Waals surface area contributed by atoms with Gasteiger partial charge in [-0.1, -0.05) is 12.1 Å². The fourth-order valence-electron chi connectivity index (χ4n) is 1.67. The summed E-state index contributed by atoms with van der Waals surface area (Å²) in [7, 11) is 0. The average Bonchev–Trinajstić information content (AvgIpc) is 2.40. The van der Waals surface area contributed by atoms with Crippen molar-refractivity contribution < 1.29 is 9.18 Å². The fourth-order valence-corrected chi connectivity index (χ4v) is 2.54. The molecule has 0 atom stereocenters. The Morgan fingerprint density at radius 1 is 1.30 bits per heavy atom. The third kappa shape index (κ3) is 3.99. The molecule has 0 radical (unpaired) electrons. The normalized spacial score (nSPS) is 10.3. The first-order valence-electron chi connectivity index (χ1n) is 6.09. The van der Waals surface area contributed by atoms with Crippen LogP contribution in [-0.4, -0.2) is 11.7 Å². The van der Waals surface area contributed by atoms with Crippen LogP contribution in [0, 0.1) is 12.7 Å². The highest BCUT2D eigenvalue weighted by molar-refractivity contribution is 8.00. The molecule has 0 aromatic heterocycles. The number of hydrogen-bond acceptors (Lipinski definition) is 3. The summed E-state index contributed by atoms with van der Waals surface area (Å²) >= 11 is 1.36. The molecule has 0 saturated carbocycles. The molecule has 0 unspecified atom stereocenters. The molecule has 0 aliphatic rings. The highest BCUT2D eigenvalue weighted by Gasteiger charge is 2.06. The van der Waals surface area contributed by atoms with Crippen LogP contribution in [0.1, 0.15) is 5.56 Å². The lowest BCUT2D eigenvalue weighted by molar-refractivity contribution is -0.113. The van der Waals surface area contributed by atoms with Crippen molar-refractivity contribution in [2.24, 2.45) is 0 Å². The summed E-state index contributed by atoms with van der Waals surface area (Å²) in [5, 5.41) is 2.65. The molecule has 3 nitrogen and oxygen atoms in total. The van der Waals surface area contributed by atoms with E-state index in [1.54, 1.807) is 12.1 Å². The van der Waals surface area contributed by atoms with Crippen LogP contribution >= 0.6 is 11.8 Å². The van der Waals surface area contributed by atoms with Gasteiger partial charge in [-0.05, 0) is 42.8 Å². The number of nitrogens with two attached hydrogens (primary N) is 1. The Kier molecular flexibility index (Phi) is 4.63. The summed E-state index contributed by atoms with van der Waals surface area (Å²) in [4.78, 5) is 12.7. The first-order chi connectivity index (χ1) is 9.54. The molecule has 104 valence electrons. The Balaban J connectivity index is 1.94. The lowest BCUT2D eigenvalue weighted by Crippen LogP contribution is -2.14. The molecule has 0 aliphatic carbocycles. The van der Waals surface area contributed by atoms with Crippen molar-refractivity contribution in [2.45, 2.75) is 11.8 Å². The maximum Gasteiger partial charge on any atom is 0.234 e. The Labute approximate surface area is 121 Å². The van der Waals surface area contributed by atoms with E-state index in [0.29, 0.717) is 11.4 Å². The van der Waals surface area contributed by atoms with E-state index in [9.17, 15) is 9.18 Å². The van der Waals surface area contributed by atoms with Crippen LogP contribution in [0.25, 0.3) is 0 Å². The summed E-state index contributed by atoms with van der Waals surface area (Å²) in [6, 6.07) is 11.5. The van der Waals surface area contributed by atoms with Gasteiger partial charge in [-0.2, -0.15) is 0 Å². The third-order valence-corrected chi connectivity index (χ3v) is 3.71. The van der Waals surface area contributed by atoms with Crippen LogP contribution in [0.2, 0.25) is 0 Å². The molecule has 0 heterocycles. The number of nitrogen functional groups attached to an aromatic ring is 1. The highest BCUT2D eigenvalue weighted by atomic mass is 32.2. The number of rotatable bonds is 4. The summed E-state index contributed by atoms with van der Waals surface area (Å²) < 4.78 is 13.0. The second kappa shape index (κ2) is 6.43. The molecule has 20 heavy (non-hydrogen) atoms. The molecule has 0 bridgehead atoms. The van der Waals surface area contributed by atoms with Crippen LogP contribution in [0.4, 0.5) is 15.8 Å². The maximum atomic E-state index is 13.0. The third-order valence-electron chi connectivity index (χ3n) is 2.64. The Bertz CT molecular complexity index is 631. The predicted molar refractivity (Wildman–Crippen MR) is 81.3 cm³/mol. The van der Waals surface area contributed by atoms with E-state index < -0.39 is 0 Å². The van der Waals surface area contributed by atoms with Gasteiger partial charge in [0.05, 0.1) is 5.75 Å². The Hall–Kier alpha value is -2.01. The molecule has 0 spiro atoms. The first kappa shape index (κ1) is 14.4. The lowest BCUT2D eigenvalue weighted by Gasteiger charge is -2.07. The van der Waals surface area contributed by atoms with E-state index in [0.717, 1.165) is 10.5 Å². The summed E-state index contributed by atoms with van der Waals surface area (Å²) in [5.41, 5.74) is 8.04. The molecular formula is C15H15FN2OS. The van der Waals surface area contributed by atoms with E-state index in [1.807, 2.05) is 25.1 Å². The number of benzene rings is 2. The van der Waals surface area contributed by atoms with Crippen LogP contribution in [0.3, 0.4) is 0 Å². The van der Waals surface area contributed by atoms with Gasteiger partial charge in [0, 0.05) is 16.3 Å². The number of halogens is 1. The van der Waals surface area contributed by atoms with E-state index in [1.165, 1.54) is 23.9 Å². The van der Waals surface area contributed by atoms with E-state index in [-0.39, 0.29) is 17.5 Å². The van der Waals surface area contributed by atoms with Gasteiger partial charge in [-0.25, -0.2) is 4.39 Å². The largest absolute Gasteiger partial charge is 0.398 e. The van der Waals surface area contributed by atoms with Crippen molar-refractivity contribution in [2.75, 3.05) is 16.8 Å². The number of hydrogen-bond donors (Lipinski definition) is 2. The number of aryl methyl sites for hydroxylation is 1. The number of nitrogens with one attached hydrogen (secondary N) is 1. The van der Waals surface area contributed by atoms with Gasteiger partial charge >= 0.3 is 0 Å². The van der Waals surface area contributed by atoms with E-state index in [4.69, 9.17) is 5.73 Å². The fraction of sp³-hybridized carbons (Fsp3) is 0.133. The van der Waals surface area contributed by atoms with Gasteiger partial charge in [0.25, 0.3) is 0 Å². The molecule has 3 N–H and O–H groups in total. The second-order valence-corrected chi connectivity index (χ2v) is 5.41. The van der Waals surface area contributed by atoms with Crippen molar-refractivity contribution in [1.29, 1.82) is 0 Å². The van der Waals surface area contributed by atoms with Crippen LogP contribution in [-0.2, 0) is 4.79 Å². The zero-order chi connectivity index (χ0) is 14.5. The summed E-state index contributed by atoms with van der Waals surface area (Å²) in [5.74, 6) is -0.343. The summed E-state index contributed by atoms with van der Waals surface area (Å²) in [6.45, 7) is 1.97. The molecule has 2 aromatic carbocycles. The molecule has 0 aliphatic heterocycles. The summed E-state index contributed by atoms with van der Waals surface area (Å²) in [6.07, 6.45) is 0. The number of amides is 1. The quantitative estimate of drug-likeness (QED) is 0.670. The molecule has 0 fully saturated rings. The van der Waals surface area contributed by atoms with E-state index >= 15 is 0 Å². The molecule has 2 aromatic rings. The minimum absolute atomic E-state index is 0.193. The van der Waals surface area contributed by atoms with Crippen LogP contribution in [0.15, 0.2) is 47.4 Å². The highest BCUT2D eigenvalue weighted by Crippen LogP contribution is 2.26. The molecular weight excluding hydrogens is 275 g/mol. The SMILES string of the molecule is Cc1ccc(N)c(SCC(=O)Nc2cccc(F)c2)c1. The van der Waals surface area contributed by atoms with Gasteiger partial charge in [-0.15, -0.1) is 11.8 Å². The van der Waals surface area contributed by atoms with Crippen molar-refractivity contribution in [3.05, 3.63) is 53.8 Å². The Morgan fingerprint density at radius 2 is 2.10 bits per heavy atom. The van der Waals surface area contributed by atoms with Gasteiger partial charge in [0.1, 0.15) is 5.82 Å². The number of thioether (sulfide) groups is 1. The smallest absolute Gasteiger partial charge is 0.234 e. The van der Waals surface area contributed by atoms with E-state index in [2.05, 4.69) is 5.32 Å². The monoisotopic (exact) mass is 290 g/mol. The zero-order valence-corrected chi connectivity index (χ0v) is 11.8. The van der Waals surface area contributed by atoms with Crippen LogP contribution in [0.5, 0.6) is 0 Å². The lowest BCUT2D eigenvalue weighted by atomic mass is 10.2. The minimum Gasteiger partial charge on any atom is -0.398 e. The zero-order valence-electron chi connectivity index (χ0n) is 11.0. The molecule has 0 saturated heterocycles.